The Labute approximate surface area is 132 Å². The van der Waals surface area contributed by atoms with E-state index < -0.39 is 11.7 Å². The lowest BCUT2D eigenvalue weighted by atomic mass is 10.2. The largest absolute Gasteiger partial charge is 0.489 e. The monoisotopic (exact) mass is 324 g/mol. The Balaban J connectivity index is 2.16. The molecule has 116 valence electrons. The van der Waals surface area contributed by atoms with Gasteiger partial charge in [0.1, 0.15) is 23.3 Å². The predicted octanol–water partition coefficient (Wildman–Crippen LogP) is 3.15. The lowest BCUT2D eigenvalue weighted by Crippen LogP contribution is -2.14. The lowest BCUT2D eigenvalue weighted by Gasteiger charge is -2.12. The molecule has 1 aromatic carbocycles. The molecule has 0 fully saturated rings. The van der Waals surface area contributed by atoms with Crippen LogP contribution in [0.4, 0.5) is 10.1 Å². The fourth-order valence-corrected chi connectivity index (χ4v) is 1.87. The van der Waals surface area contributed by atoms with E-state index in [-0.39, 0.29) is 17.4 Å². The molecule has 1 amide bonds. The minimum atomic E-state index is -0.484. The highest BCUT2D eigenvalue weighted by Gasteiger charge is 2.12. The van der Waals surface area contributed by atoms with Gasteiger partial charge in [0.05, 0.1) is 12.3 Å². The van der Waals surface area contributed by atoms with E-state index in [9.17, 15) is 9.18 Å². The molecule has 0 aliphatic rings. The summed E-state index contributed by atoms with van der Waals surface area (Å²) in [6, 6.07) is 6.80. The van der Waals surface area contributed by atoms with Gasteiger partial charge in [-0.05, 0) is 24.3 Å². The number of methoxy groups -OCH3 is 1. The van der Waals surface area contributed by atoms with E-state index in [1.807, 2.05) is 0 Å². The van der Waals surface area contributed by atoms with Gasteiger partial charge in [-0.15, -0.1) is 0 Å². The van der Waals surface area contributed by atoms with E-state index in [4.69, 9.17) is 21.1 Å². The maximum Gasteiger partial charge on any atom is 0.255 e. The van der Waals surface area contributed by atoms with Gasteiger partial charge in [-0.25, -0.2) is 9.37 Å². The minimum Gasteiger partial charge on any atom is -0.489 e. The molecular weight excluding hydrogens is 311 g/mol. The van der Waals surface area contributed by atoms with Crippen molar-refractivity contribution in [2.75, 3.05) is 25.6 Å². The number of carbonyl (C=O) groups excluding carboxylic acids is 1. The molecule has 0 spiro atoms. The van der Waals surface area contributed by atoms with Crippen LogP contribution >= 0.6 is 11.6 Å². The number of aromatic nitrogens is 1. The second kappa shape index (κ2) is 7.72. The third-order valence-electron chi connectivity index (χ3n) is 2.72. The standard InChI is InChI=1S/C15H14ClFN2O3/c1-21-6-7-22-13-3-2-11(17)9-12(13)19-15(20)10-4-5-18-14(16)8-10/h2-5,8-9H,6-7H2,1H3,(H,19,20). The molecule has 0 saturated heterocycles. The number of amides is 1. The first-order chi connectivity index (χ1) is 10.6. The normalized spacial score (nSPS) is 10.3. The van der Waals surface area contributed by atoms with Gasteiger partial charge in [0.25, 0.3) is 5.91 Å². The Morgan fingerprint density at radius 3 is 2.86 bits per heavy atom. The number of nitrogens with one attached hydrogen (secondary N) is 1. The van der Waals surface area contributed by atoms with Crippen molar-refractivity contribution in [2.24, 2.45) is 0 Å². The number of hydrogen-bond donors (Lipinski definition) is 1. The number of rotatable bonds is 6. The zero-order valence-corrected chi connectivity index (χ0v) is 12.6. The molecule has 0 aliphatic heterocycles. The maximum atomic E-state index is 13.4. The van der Waals surface area contributed by atoms with Crippen LogP contribution in [0.5, 0.6) is 5.75 Å². The highest BCUT2D eigenvalue weighted by molar-refractivity contribution is 6.29. The summed E-state index contributed by atoms with van der Waals surface area (Å²) in [7, 11) is 1.55. The molecule has 2 rings (SSSR count). The first kappa shape index (κ1) is 16.2. The molecule has 2 aromatic rings. The van der Waals surface area contributed by atoms with Crippen molar-refractivity contribution in [2.45, 2.75) is 0 Å². The number of ether oxygens (including phenoxy) is 2. The van der Waals surface area contributed by atoms with Crippen LogP contribution in [0.1, 0.15) is 10.4 Å². The molecule has 1 N–H and O–H groups in total. The van der Waals surface area contributed by atoms with E-state index in [2.05, 4.69) is 10.3 Å². The Morgan fingerprint density at radius 1 is 1.32 bits per heavy atom. The quantitative estimate of drug-likeness (QED) is 0.655. The molecule has 7 heteroatoms. The van der Waals surface area contributed by atoms with Gasteiger partial charge in [-0.2, -0.15) is 0 Å². The van der Waals surface area contributed by atoms with Crippen LogP contribution < -0.4 is 10.1 Å². The van der Waals surface area contributed by atoms with Crippen molar-refractivity contribution < 1.29 is 18.7 Å². The molecule has 0 radical (unpaired) electrons. The Hall–Kier alpha value is -2.18. The van der Waals surface area contributed by atoms with Crippen molar-refractivity contribution in [1.29, 1.82) is 0 Å². The third-order valence-corrected chi connectivity index (χ3v) is 2.93. The summed E-state index contributed by atoms with van der Waals surface area (Å²) >= 11 is 5.74. The molecule has 1 aromatic heterocycles. The van der Waals surface area contributed by atoms with Crippen LogP contribution in [0.15, 0.2) is 36.5 Å². The van der Waals surface area contributed by atoms with Gasteiger partial charge in [-0.3, -0.25) is 4.79 Å². The number of hydrogen-bond acceptors (Lipinski definition) is 4. The van der Waals surface area contributed by atoms with Crippen molar-refractivity contribution in [3.05, 3.63) is 53.1 Å². The number of anilines is 1. The average molecular weight is 325 g/mol. The van der Waals surface area contributed by atoms with Gasteiger partial charge < -0.3 is 14.8 Å². The molecule has 0 saturated carbocycles. The molecule has 0 atom stereocenters. The number of carbonyl (C=O) groups is 1. The number of benzene rings is 1. The Kier molecular flexibility index (Phi) is 5.68. The highest BCUT2D eigenvalue weighted by Crippen LogP contribution is 2.26. The molecule has 0 aliphatic carbocycles. The van der Waals surface area contributed by atoms with Crippen molar-refractivity contribution >= 4 is 23.2 Å². The lowest BCUT2D eigenvalue weighted by molar-refractivity contribution is 0.102. The molecule has 22 heavy (non-hydrogen) atoms. The average Bonchev–Trinajstić information content (AvgIpc) is 2.49. The van der Waals surface area contributed by atoms with Crippen LogP contribution in [-0.4, -0.2) is 31.2 Å². The molecular formula is C15H14ClFN2O3. The Morgan fingerprint density at radius 2 is 2.14 bits per heavy atom. The van der Waals surface area contributed by atoms with E-state index in [1.165, 1.54) is 36.5 Å². The molecule has 0 bridgehead atoms. The molecule has 5 nitrogen and oxygen atoms in total. The number of nitrogens with zero attached hydrogens (tertiary/aromatic N) is 1. The highest BCUT2D eigenvalue weighted by atomic mass is 35.5. The van der Waals surface area contributed by atoms with Crippen molar-refractivity contribution in [3.63, 3.8) is 0 Å². The summed E-state index contributed by atoms with van der Waals surface area (Å²) in [6.45, 7) is 0.664. The first-order valence-corrected chi connectivity index (χ1v) is 6.82. The minimum absolute atomic E-state index is 0.198. The number of pyridine rings is 1. The van der Waals surface area contributed by atoms with Gasteiger partial charge >= 0.3 is 0 Å². The van der Waals surface area contributed by atoms with E-state index in [1.54, 1.807) is 7.11 Å². The summed E-state index contributed by atoms with van der Waals surface area (Å²) < 4.78 is 23.7. The summed E-state index contributed by atoms with van der Waals surface area (Å²) in [5, 5.41) is 2.79. The number of halogens is 2. The van der Waals surface area contributed by atoms with Gasteiger partial charge in [0.15, 0.2) is 0 Å². The summed E-state index contributed by atoms with van der Waals surface area (Å²) in [5.74, 6) is -0.569. The van der Waals surface area contributed by atoms with Gasteiger partial charge in [0.2, 0.25) is 0 Å². The van der Waals surface area contributed by atoms with Crippen LogP contribution in [-0.2, 0) is 4.74 Å². The summed E-state index contributed by atoms with van der Waals surface area (Å²) in [5.41, 5.74) is 0.543. The predicted molar refractivity (Wildman–Crippen MR) is 81.0 cm³/mol. The van der Waals surface area contributed by atoms with Crippen LogP contribution in [0.25, 0.3) is 0 Å². The third kappa shape index (κ3) is 4.41. The molecule has 1 heterocycles. The molecule has 0 unspecified atom stereocenters. The second-order valence-electron chi connectivity index (χ2n) is 4.30. The zero-order valence-electron chi connectivity index (χ0n) is 11.8. The SMILES string of the molecule is COCCOc1ccc(F)cc1NC(=O)c1ccnc(Cl)c1. The van der Waals surface area contributed by atoms with Crippen LogP contribution in [0.3, 0.4) is 0 Å². The topological polar surface area (TPSA) is 60.5 Å². The van der Waals surface area contributed by atoms with Gasteiger partial charge in [-0.1, -0.05) is 11.6 Å². The zero-order chi connectivity index (χ0) is 15.9. The first-order valence-electron chi connectivity index (χ1n) is 6.44. The Bertz CT molecular complexity index is 667. The fourth-order valence-electron chi connectivity index (χ4n) is 1.70. The summed E-state index contributed by atoms with van der Waals surface area (Å²) in [6.07, 6.45) is 1.42. The van der Waals surface area contributed by atoms with E-state index in [0.717, 1.165) is 0 Å². The smallest absolute Gasteiger partial charge is 0.255 e. The van der Waals surface area contributed by atoms with Crippen LogP contribution in [0, 0.1) is 5.82 Å². The van der Waals surface area contributed by atoms with E-state index >= 15 is 0 Å². The summed E-state index contributed by atoms with van der Waals surface area (Å²) in [4.78, 5) is 16.0. The van der Waals surface area contributed by atoms with Gasteiger partial charge in [0, 0.05) is 24.9 Å². The maximum absolute atomic E-state index is 13.4. The van der Waals surface area contributed by atoms with Crippen LogP contribution in [0.2, 0.25) is 5.15 Å². The van der Waals surface area contributed by atoms with Crippen molar-refractivity contribution in [1.82, 2.24) is 4.98 Å². The second-order valence-corrected chi connectivity index (χ2v) is 4.69. The fraction of sp³-hybridized carbons (Fsp3) is 0.200. The van der Waals surface area contributed by atoms with E-state index in [0.29, 0.717) is 17.9 Å². The van der Waals surface area contributed by atoms with Crippen molar-refractivity contribution in [3.8, 4) is 5.75 Å².